The van der Waals surface area contributed by atoms with Crippen LogP contribution in [0.15, 0.2) is 12.2 Å². The Labute approximate surface area is 59.5 Å². The molecule has 0 saturated carbocycles. The third-order valence-electron chi connectivity index (χ3n) is 0.730. The van der Waals surface area contributed by atoms with Crippen LogP contribution in [0.25, 0.3) is 0 Å². The maximum Gasteiger partial charge on any atom is 0.00739 e. The van der Waals surface area contributed by atoms with Gasteiger partial charge in [0.1, 0.15) is 0 Å². The fourth-order valence-corrected chi connectivity index (χ4v) is 1.65. The van der Waals surface area contributed by atoms with Crippen molar-refractivity contribution >= 4 is 21.6 Å². The van der Waals surface area contributed by atoms with E-state index in [1.807, 2.05) is 21.6 Å². The molecule has 0 amide bonds. The minimum atomic E-state index is 1.16. The molecule has 0 atom stereocenters. The Morgan fingerprint density at radius 1 is 1.62 bits per heavy atom. The Balaban J connectivity index is 2.82. The van der Waals surface area contributed by atoms with Crippen LogP contribution in [-0.4, -0.2) is 12.0 Å². The lowest BCUT2D eigenvalue weighted by atomic mass is 10.3. The number of hydrogen-bond donors (Lipinski definition) is 0. The predicted octanol–water partition coefficient (Wildman–Crippen LogP) is 2.96. The molecule has 0 aromatic carbocycles. The van der Waals surface area contributed by atoms with Crippen LogP contribution >= 0.6 is 21.6 Å². The van der Waals surface area contributed by atoms with Crippen LogP contribution < -0.4 is 0 Å². The van der Waals surface area contributed by atoms with Crippen molar-refractivity contribution in [1.29, 1.82) is 0 Å². The van der Waals surface area contributed by atoms with Crippen LogP contribution in [0.5, 0.6) is 0 Å². The molecule has 0 saturated heterocycles. The summed E-state index contributed by atoms with van der Waals surface area (Å²) < 4.78 is 0. The third-order valence-corrected chi connectivity index (χ3v) is 2.54. The van der Waals surface area contributed by atoms with Crippen molar-refractivity contribution in [2.24, 2.45) is 0 Å². The van der Waals surface area contributed by atoms with Crippen LogP contribution in [0.1, 0.15) is 13.3 Å². The monoisotopic (exact) mass is 148 g/mol. The lowest BCUT2D eigenvalue weighted by Gasteiger charge is -1.94. The Morgan fingerprint density at radius 3 is 2.62 bits per heavy atom. The maximum absolute atomic E-state index is 3.80. The van der Waals surface area contributed by atoms with Crippen molar-refractivity contribution in [3.63, 3.8) is 0 Å². The number of allylic oxidation sites excluding steroid dienone is 1. The van der Waals surface area contributed by atoms with E-state index >= 15 is 0 Å². The van der Waals surface area contributed by atoms with Crippen molar-refractivity contribution in [2.45, 2.75) is 13.3 Å². The molecule has 0 radical (unpaired) electrons. The molecule has 8 heavy (non-hydrogen) atoms. The number of hydrogen-bond acceptors (Lipinski definition) is 2. The molecule has 2 heteroatoms. The molecule has 0 nitrogen and oxygen atoms in total. The second kappa shape index (κ2) is 5.57. The maximum atomic E-state index is 3.80. The van der Waals surface area contributed by atoms with E-state index in [-0.39, 0.29) is 0 Å². The molecule has 0 aliphatic carbocycles. The highest BCUT2D eigenvalue weighted by Crippen LogP contribution is 2.18. The van der Waals surface area contributed by atoms with Crippen LogP contribution in [-0.2, 0) is 0 Å². The third kappa shape index (κ3) is 6.44. The lowest BCUT2D eigenvalue weighted by molar-refractivity contribution is 1.13. The van der Waals surface area contributed by atoms with Crippen molar-refractivity contribution < 1.29 is 0 Å². The average molecular weight is 148 g/mol. The van der Waals surface area contributed by atoms with Gasteiger partial charge in [-0.05, 0) is 19.6 Å². The summed E-state index contributed by atoms with van der Waals surface area (Å²) in [6.07, 6.45) is 3.26. The predicted molar refractivity (Wildman–Crippen MR) is 45.4 cm³/mol. The Morgan fingerprint density at radius 2 is 2.25 bits per heavy atom. The van der Waals surface area contributed by atoms with E-state index in [0.717, 1.165) is 6.42 Å². The normalized spacial score (nSPS) is 9.25. The first kappa shape index (κ1) is 8.44. The summed E-state index contributed by atoms with van der Waals surface area (Å²) in [5.74, 6) is 1.20. The molecule has 0 aliphatic rings. The van der Waals surface area contributed by atoms with Gasteiger partial charge in [-0.2, -0.15) is 0 Å². The topological polar surface area (TPSA) is 0 Å². The second-order valence-electron chi connectivity index (χ2n) is 1.70. The first-order valence-corrected chi connectivity index (χ1v) is 5.30. The van der Waals surface area contributed by atoms with E-state index in [1.165, 1.54) is 11.3 Å². The first-order valence-electron chi connectivity index (χ1n) is 2.57. The van der Waals surface area contributed by atoms with Gasteiger partial charge < -0.3 is 0 Å². The molecular formula is C6H12S2. The van der Waals surface area contributed by atoms with Gasteiger partial charge in [0.25, 0.3) is 0 Å². The second-order valence-corrected chi connectivity index (χ2v) is 4.38. The van der Waals surface area contributed by atoms with Crippen molar-refractivity contribution in [3.8, 4) is 0 Å². The van der Waals surface area contributed by atoms with Crippen LogP contribution in [0, 0.1) is 0 Å². The molecule has 0 heterocycles. The molecule has 0 bridgehead atoms. The zero-order chi connectivity index (χ0) is 6.41. The molecule has 0 aliphatic heterocycles. The quantitative estimate of drug-likeness (QED) is 0.341. The van der Waals surface area contributed by atoms with Crippen molar-refractivity contribution in [3.05, 3.63) is 12.2 Å². The van der Waals surface area contributed by atoms with Crippen LogP contribution in [0.3, 0.4) is 0 Å². The molecular weight excluding hydrogens is 136 g/mol. The van der Waals surface area contributed by atoms with Gasteiger partial charge >= 0.3 is 0 Å². The fraction of sp³-hybridized carbons (Fsp3) is 0.667. The zero-order valence-electron chi connectivity index (χ0n) is 5.44. The SMILES string of the molecule is C=C(C)CCSSC. The Hall–Kier alpha value is 0.440. The molecule has 0 fully saturated rings. The molecule has 48 valence electrons. The smallest absolute Gasteiger partial charge is 0.00739 e. The van der Waals surface area contributed by atoms with Gasteiger partial charge in [-0.3, -0.25) is 0 Å². The van der Waals surface area contributed by atoms with Gasteiger partial charge in [0.15, 0.2) is 0 Å². The van der Waals surface area contributed by atoms with Gasteiger partial charge in [-0.25, -0.2) is 0 Å². The molecule has 0 spiro atoms. The Bertz CT molecular complexity index is 68.9. The highest BCUT2D eigenvalue weighted by molar-refractivity contribution is 8.76. The fourth-order valence-electron chi connectivity index (χ4n) is 0.299. The van der Waals surface area contributed by atoms with Gasteiger partial charge in [-0.15, -0.1) is 6.58 Å². The van der Waals surface area contributed by atoms with E-state index in [2.05, 4.69) is 19.8 Å². The minimum absolute atomic E-state index is 1.16. The summed E-state index contributed by atoms with van der Waals surface area (Å²) in [6, 6.07) is 0. The zero-order valence-corrected chi connectivity index (χ0v) is 7.07. The molecule has 0 rings (SSSR count). The molecule has 0 aromatic heterocycles. The summed E-state index contributed by atoms with van der Waals surface area (Å²) in [5.41, 5.74) is 1.28. The summed E-state index contributed by atoms with van der Waals surface area (Å²) in [4.78, 5) is 0. The van der Waals surface area contributed by atoms with Gasteiger partial charge in [0, 0.05) is 5.75 Å². The van der Waals surface area contributed by atoms with E-state index in [1.54, 1.807) is 0 Å². The summed E-state index contributed by atoms with van der Waals surface area (Å²) in [5, 5.41) is 0. The summed E-state index contributed by atoms with van der Waals surface area (Å²) in [6.45, 7) is 5.87. The van der Waals surface area contributed by atoms with E-state index in [4.69, 9.17) is 0 Å². The highest BCUT2D eigenvalue weighted by atomic mass is 33.1. The summed E-state index contributed by atoms with van der Waals surface area (Å²) >= 11 is 0. The van der Waals surface area contributed by atoms with E-state index in [0.29, 0.717) is 0 Å². The minimum Gasteiger partial charge on any atom is -0.100 e. The van der Waals surface area contributed by atoms with Gasteiger partial charge in [-0.1, -0.05) is 27.2 Å². The molecule has 0 N–H and O–H groups in total. The first-order chi connectivity index (χ1) is 3.77. The highest BCUT2D eigenvalue weighted by Gasteiger charge is 1.85. The van der Waals surface area contributed by atoms with Crippen molar-refractivity contribution in [2.75, 3.05) is 12.0 Å². The van der Waals surface area contributed by atoms with Gasteiger partial charge in [0.05, 0.1) is 0 Å². The van der Waals surface area contributed by atoms with Crippen LogP contribution in [0.2, 0.25) is 0 Å². The van der Waals surface area contributed by atoms with Crippen molar-refractivity contribution in [1.82, 2.24) is 0 Å². The van der Waals surface area contributed by atoms with Crippen LogP contribution in [0.4, 0.5) is 0 Å². The van der Waals surface area contributed by atoms with Gasteiger partial charge in [0.2, 0.25) is 0 Å². The molecule has 0 aromatic rings. The number of rotatable bonds is 4. The average Bonchev–Trinajstić information content (AvgIpc) is 1.66. The summed E-state index contributed by atoms with van der Waals surface area (Å²) in [7, 11) is 3.71. The lowest BCUT2D eigenvalue weighted by Crippen LogP contribution is -1.75. The standard InChI is InChI=1S/C6H12S2/c1-6(2)4-5-8-7-3/h1,4-5H2,2-3H3. The largest absolute Gasteiger partial charge is 0.100 e. The molecule has 0 unspecified atom stereocenters. The van der Waals surface area contributed by atoms with E-state index < -0.39 is 0 Å². The van der Waals surface area contributed by atoms with E-state index in [9.17, 15) is 0 Å². The Kier molecular flexibility index (Phi) is 5.88.